The van der Waals surface area contributed by atoms with Crippen LogP contribution < -0.4 is 0 Å². The molecule has 2 rings (SSSR count). The van der Waals surface area contributed by atoms with Gasteiger partial charge in [-0.1, -0.05) is 164 Å². The van der Waals surface area contributed by atoms with Gasteiger partial charge in [-0.25, -0.2) is 4.79 Å². The Bertz CT molecular complexity index is 845. The molecule has 0 saturated heterocycles. The average Bonchev–Trinajstić information content (AvgIpc) is 2.97. The fourth-order valence-electron chi connectivity index (χ4n) is 4.93. The van der Waals surface area contributed by atoms with E-state index in [1.165, 1.54) is 81.9 Å². The third-order valence-electron chi connectivity index (χ3n) is 7.40. The van der Waals surface area contributed by atoms with Crippen molar-refractivity contribution in [1.82, 2.24) is 4.90 Å². The van der Waals surface area contributed by atoms with E-state index in [1.54, 1.807) is 0 Å². The molecular formula is C34H53NO4. The van der Waals surface area contributed by atoms with E-state index >= 15 is 0 Å². The summed E-state index contributed by atoms with van der Waals surface area (Å²) >= 11 is 0. The van der Waals surface area contributed by atoms with Gasteiger partial charge in [-0.2, -0.15) is 0 Å². The topological polar surface area (TPSA) is 70.0 Å². The number of aliphatic hydroxyl groups excluding tert-OH is 2. The summed E-state index contributed by atoms with van der Waals surface area (Å²) in [7, 11) is 0. The molecule has 0 bridgehead atoms. The van der Waals surface area contributed by atoms with E-state index in [-0.39, 0.29) is 13.2 Å². The first-order chi connectivity index (χ1) is 19.1. The molecule has 0 aliphatic carbocycles. The first-order valence-corrected chi connectivity index (χ1v) is 15.5. The normalized spacial score (nSPS) is 12.7. The molecule has 1 amide bonds. The average molecular weight is 540 g/mol. The molecule has 0 aliphatic rings. The van der Waals surface area contributed by atoms with E-state index in [2.05, 4.69) is 6.92 Å². The smallest absolute Gasteiger partial charge is 0.412 e. The number of unbranched alkanes of at least 4 members (excludes halogenated alkanes) is 14. The van der Waals surface area contributed by atoms with Crippen LogP contribution in [0, 0.1) is 0 Å². The number of rotatable bonds is 22. The highest BCUT2D eigenvalue weighted by Gasteiger charge is 2.29. The van der Waals surface area contributed by atoms with Gasteiger partial charge in [0.15, 0.2) is 6.23 Å². The molecule has 2 aromatic rings. The van der Waals surface area contributed by atoms with E-state index in [1.807, 2.05) is 60.7 Å². The number of nitrogens with zero attached hydrogens (tertiary/aromatic N) is 1. The lowest BCUT2D eigenvalue weighted by atomic mass is 10.0. The molecule has 2 aromatic carbocycles. The number of benzene rings is 2. The van der Waals surface area contributed by atoms with Crippen LogP contribution in [0.15, 0.2) is 60.7 Å². The highest BCUT2D eigenvalue weighted by molar-refractivity contribution is 5.68. The van der Waals surface area contributed by atoms with Crippen molar-refractivity contribution >= 4 is 6.09 Å². The maximum Gasteiger partial charge on any atom is 0.412 e. The minimum atomic E-state index is -1.32. The SMILES string of the molecule is CCCCCCCCCCCCCCCCCC(O)C(O)N(Cc1ccccc1)C(=O)OCc1ccccc1. The largest absolute Gasteiger partial charge is 0.444 e. The van der Waals surface area contributed by atoms with Crippen LogP contribution in [0.1, 0.15) is 121 Å². The van der Waals surface area contributed by atoms with E-state index < -0.39 is 18.4 Å². The minimum absolute atomic E-state index is 0.118. The van der Waals surface area contributed by atoms with Crippen LogP contribution >= 0.6 is 0 Å². The standard InChI is InChI=1S/C34H53NO4/c1-2-3-4-5-6-7-8-9-10-11-12-13-14-15-22-27-32(36)33(37)35(28-30-23-18-16-19-24-30)34(38)39-29-31-25-20-17-21-26-31/h16-21,23-26,32-33,36-37H,2-15,22,27-29H2,1H3. The lowest BCUT2D eigenvalue weighted by molar-refractivity contribution is -0.0828. The number of carbonyl (C=O) groups is 1. The van der Waals surface area contributed by atoms with Gasteiger partial charge in [-0.3, -0.25) is 4.90 Å². The summed E-state index contributed by atoms with van der Waals surface area (Å²) in [5, 5.41) is 21.6. The van der Waals surface area contributed by atoms with Gasteiger partial charge in [-0.05, 0) is 17.5 Å². The second-order valence-electron chi connectivity index (χ2n) is 10.9. The van der Waals surface area contributed by atoms with E-state index in [4.69, 9.17) is 4.74 Å². The molecule has 0 spiro atoms. The summed E-state index contributed by atoms with van der Waals surface area (Å²) in [6.45, 7) is 2.56. The second kappa shape index (κ2) is 21.5. The van der Waals surface area contributed by atoms with Gasteiger partial charge in [0.2, 0.25) is 0 Å². The van der Waals surface area contributed by atoms with E-state index in [0.29, 0.717) is 6.42 Å². The van der Waals surface area contributed by atoms with Crippen LogP contribution in [0.3, 0.4) is 0 Å². The monoisotopic (exact) mass is 539 g/mol. The quantitative estimate of drug-likeness (QED) is 0.116. The summed E-state index contributed by atoms with van der Waals surface area (Å²) < 4.78 is 5.48. The molecule has 0 fully saturated rings. The summed E-state index contributed by atoms with van der Waals surface area (Å²) in [6.07, 6.45) is 16.7. The lowest BCUT2D eigenvalue weighted by Crippen LogP contribution is -2.46. The third kappa shape index (κ3) is 15.1. The Morgan fingerprint density at radius 3 is 1.59 bits per heavy atom. The highest BCUT2D eigenvalue weighted by atomic mass is 16.6. The molecule has 2 atom stereocenters. The van der Waals surface area contributed by atoms with Crippen molar-refractivity contribution in [2.45, 2.75) is 135 Å². The number of ether oxygens (including phenoxy) is 1. The molecular weight excluding hydrogens is 486 g/mol. The van der Waals surface area contributed by atoms with Crippen LogP contribution in [-0.2, 0) is 17.9 Å². The minimum Gasteiger partial charge on any atom is -0.444 e. The van der Waals surface area contributed by atoms with Crippen molar-refractivity contribution in [3.05, 3.63) is 71.8 Å². The van der Waals surface area contributed by atoms with Crippen molar-refractivity contribution in [2.24, 2.45) is 0 Å². The molecule has 0 heterocycles. The zero-order chi connectivity index (χ0) is 28.0. The van der Waals surface area contributed by atoms with E-state index in [0.717, 1.165) is 30.4 Å². The highest BCUT2D eigenvalue weighted by Crippen LogP contribution is 2.18. The Morgan fingerprint density at radius 2 is 1.10 bits per heavy atom. The zero-order valence-corrected chi connectivity index (χ0v) is 24.3. The number of amides is 1. The number of carbonyl (C=O) groups excluding carboxylic acids is 1. The van der Waals surface area contributed by atoms with Crippen molar-refractivity contribution in [3.8, 4) is 0 Å². The predicted octanol–water partition coefficient (Wildman–Crippen LogP) is 8.77. The summed E-state index contributed by atoms with van der Waals surface area (Å²) in [6, 6.07) is 18.9. The van der Waals surface area contributed by atoms with Gasteiger partial charge in [0.1, 0.15) is 6.61 Å². The molecule has 39 heavy (non-hydrogen) atoms. The number of hydrogen-bond donors (Lipinski definition) is 2. The molecule has 0 aliphatic heterocycles. The van der Waals surface area contributed by atoms with Crippen LogP contribution in [0.25, 0.3) is 0 Å². The lowest BCUT2D eigenvalue weighted by Gasteiger charge is -2.30. The Balaban J connectivity index is 1.63. The Labute approximate surface area is 237 Å². The Hall–Kier alpha value is -2.37. The van der Waals surface area contributed by atoms with Crippen molar-refractivity contribution in [2.75, 3.05) is 0 Å². The van der Waals surface area contributed by atoms with Gasteiger partial charge in [0.25, 0.3) is 0 Å². The summed E-state index contributed by atoms with van der Waals surface area (Å²) in [5.74, 6) is 0. The zero-order valence-electron chi connectivity index (χ0n) is 24.3. The van der Waals surface area contributed by atoms with Gasteiger partial charge >= 0.3 is 6.09 Å². The molecule has 2 unspecified atom stereocenters. The van der Waals surface area contributed by atoms with Crippen LogP contribution in [0.5, 0.6) is 0 Å². The van der Waals surface area contributed by atoms with Crippen molar-refractivity contribution in [1.29, 1.82) is 0 Å². The Morgan fingerprint density at radius 1 is 0.667 bits per heavy atom. The second-order valence-corrected chi connectivity index (χ2v) is 10.9. The fourth-order valence-corrected chi connectivity index (χ4v) is 4.93. The maximum absolute atomic E-state index is 12.9. The molecule has 218 valence electrons. The van der Waals surface area contributed by atoms with Crippen LogP contribution in [-0.4, -0.2) is 33.5 Å². The summed E-state index contributed by atoms with van der Waals surface area (Å²) in [4.78, 5) is 14.1. The molecule has 5 heteroatoms. The third-order valence-corrected chi connectivity index (χ3v) is 7.40. The molecule has 0 radical (unpaired) electrons. The van der Waals surface area contributed by atoms with Crippen molar-refractivity contribution in [3.63, 3.8) is 0 Å². The van der Waals surface area contributed by atoms with Gasteiger partial charge in [-0.15, -0.1) is 0 Å². The number of hydrogen-bond acceptors (Lipinski definition) is 4. The molecule has 0 aromatic heterocycles. The fraction of sp³-hybridized carbons (Fsp3) is 0.618. The van der Waals surface area contributed by atoms with E-state index in [9.17, 15) is 15.0 Å². The predicted molar refractivity (Wildman–Crippen MR) is 160 cm³/mol. The summed E-state index contributed by atoms with van der Waals surface area (Å²) in [5.41, 5.74) is 1.74. The first-order valence-electron chi connectivity index (χ1n) is 15.5. The van der Waals surface area contributed by atoms with Crippen LogP contribution in [0.4, 0.5) is 4.79 Å². The molecule has 2 N–H and O–H groups in total. The van der Waals surface area contributed by atoms with Crippen molar-refractivity contribution < 1.29 is 19.7 Å². The first kappa shape index (κ1) is 32.8. The number of aliphatic hydroxyl groups is 2. The van der Waals surface area contributed by atoms with Crippen LogP contribution in [0.2, 0.25) is 0 Å². The Kier molecular flexibility index (Phi) is 18.1. The maximum atomic E-state index is 12.9. The van der Waals surface area contributed by atoms with Gasteiger partial charge in [0.05, 0.1) is 12.6 Å². The molecule has 0 saturated carbocycles. The molecule has 5 nitrogen and oxygen atoms in total. The van der Waals surface area contributed by atoms with Gasteiger partial charge < -0.3 is 14.9 Å². The van der Waals surface area contributed by atoms with Gasteiger partial charge in [0, 0.05) is 0 Å².